The second kappa shape index (κ2) is 3.40. The fourth-order valence-electron chi connectivity index (χ4n) is 1.69. The Labute approximate surface area is 77.5 Å². The minimum atomic E-state index is 0.915. The molecule has 0 unspecified atom stereocenters. The molecular formula is C11H10N2. The molecule has 0 aliphatic heterocycles. The normalized spacial score (nSPS) is 15.9. The molecule has 1 heterocycles. The molecule has 0 bridgehead atoms. The fourth-order valence-corrected chi connectivity index (χ4v) is 1.69. The van der Waals surface area contributed by atoms with Gasteiger partial charge in [0.1, 0.15) is 0 Å². The van der Waals surface area contributed by atoms with Gasteiger partial charge in [0.05, 0.1) is 11.8 Å². The van der Waals surface area contributed by atoms with Crippen LogP contribution in [0.4, 0.5) is 0 Å². The molecule has 0 fully saturated rings. The van der Waals surface area contributed by atoms with E-state index in [9.17, 15) is 0 Å². The minimum Gasteiger partial charge on any atom is -0.257 e. The Hall–Kier alpha value is -1.62. The van der Waals surface area contributed by atoms with E-state index in [0.29, 0.717) is 0 Å². The molecule has 0 amide bonds. The van der Waals surface area contributed by atoms with Gasteiger partial charge in [-0.15, -0.1) is 0 Å². The van der Waals surface area contributed by atoms with E-state index in [1.54, 1.807) is 6.20 Å². The topological polar surface area (TPSA) is 36.7 Å². The lowest BCUT2D eigenvalue weighted by molar-refractivity contribution is 0.920. The molecule has 1 aliphatic rings. The van der Waals surface area contributed by atoms with Crippen LogP contribution < -0.4 is 0 Å². The predicted octanol–water partition coefficient (Wildman–Crippen LogP) is 2.54. The van der Waals surface area contributed by atoms with Gasteiger partial charge in [-0.3, -0.25) is 4.98 Å². The summed E-state index contributed by atoms with van der Waals surface area (Å²) in [6.07, 6.45) is 4.78. The summed E-state index contributed by atoms with van der Waals surface area (Å²) in [6.45, 7) is 0. The van der Waals surface area contributed by atoms with Crippen LogP contribution in [0, 0.1) is 11.3 Å². The number of rotatable bonds is 1. The second-order valence-electron chi connectivity index (χ2n) is 3.14. The summed E-state index contributed by atoms with van der Waals surface area (Å²) >= 11 is 0. The molecule has 0 saturated heterocycles. The van der Waals surface area contributed by atoms with E-state index in [4.69, 9.17) is 5.26 Å². The molecule has 0 spiro atoms. The van der Waals surface area contributed by atoms with Crippen LogP contribution in [-0.4, -0.2) is 4.98 Å². The van der Waals surface area contributed by atoms with Gasteiger partial charge in [0, 0.05) is 11.8 Å². The molecule has 2 nitrogen and oxygen atoms in total. The molecule has 0 aromatic carbocycles. The molecule has 0 N–H and O–H groups in total. The third-order valence-corrected chi connectivity index (χ3v) is 2.33. The maximum Gasteiger partial charge on any atom is 0.0950 e. The molecule has 0 radical (unpaired) electrons. The first-order chi connectivity index (χ1) is 6.42. The highest BCUT2D eigenvalue weighted by atomic mass is 14.7. The molecule has 1 aliphatic carbocycles. The van der Waals surface area contributed by atoms with Crippen molar-refractivity contribution in [1.29, 1.82) is 5.26 Å². The van der Waals surface area contributed by atoms with Gasteiger partial charge in [-0.25, -0.2) is 0 Å². The first-order valence-corrected chi connectivity index (χ1v) is 4.45. The summed E-state index contributed by atoms with van der Waals surface area (Å²) in [4.78, 5) is 4.25. The first-order valence-electron chi connectivity index (χ1n) is 4.45. The Bertz CT molecular complexity index is 371. The molecule has 0 atom stereocenters. The zero-order valence-corrected chi connectivity index (χ0v) is 7.33. The molecule has 2 heteroatoms. The van der Waals surface area contributed by atoms with Crippen molar-refractivity contribution in [2.45, 2.75) is 19.3 Å². The average molecular weight is 170 g/mol. The number of nitriles is 1. The number of pyridine rings is 1. The van der Waals surface area contributed by atoms with E-state index in [-0.39, 0.29) is 0 Å². The molecule has 1 aromatic rings. The Morgan fingerprint density at radius 3 is 2.92 bits per heavy atom. The molecule has 13 heavy (non-hydrogen) atoms. The number of nitrogens with zero attached hydrogens (tertiary/aromatic N) is 2. The summed E-state index contributed by atoms with van der Waals surface area (Å²) in [5.41, 5.74) is 3.03. The lowest BCUT2D eigenvalue weighted by atomic mass is 10.1. The second-order valence-corrected chi connectivity index (χ2v) is 3.14. The van der Waals surface area contributed by atoms with Crippen LogP contribution in [0.5, 0.6) is 0 Å². The Balaban J connectivity index is 2.42. The zero-order chi connectivity index (χ0) is 9.10. The smallest absolute Gasteiger partial charge is 0.0950 e. The van der Waals surface area contributed by atoms with Crippen LogP contribution in [0.2, 0.25) is 0 Å². The van der Waals surface area contributed by atoms with E-state index in [1.165, 1.54) is 0 Å². The molecule has 0 saturated carbocycles. The van der Waals surface area contributed by atoms with Crippen molar-refractivity contribution >= 4 is 5.57 Å². The lowest BCUT2D eigenvalue weighted by Gasteiger charge is -1.99. The van der Waals surface area contributed by atoms with Gasteiger partial charge in [-0.1, -0.05) is 6.07 Å². The largest absolute Gasteiger partial charge is 0.257 e. The summed E-state index contributed by atoms with van der Waals surface area (Å²) in [7, 11) is 0. The van der Waals surface area contributed by atoms with Gasteiger partial charge in [-0.2, -0.15) is 5.26 Å². The van der Waals surface area contributed by atoms with Crippen molar-refractivity contribution in [2.24, 2.45) is 0 Å². The van der Waals surface area contributed by atoms with E-state index >= 15 is 0 Å². The van der Waals surface area contributed by atoms with Crippen LogP contribution in [0.3, 0.4) is 0 Å². The van der Waals surface area contributed by atoms with Crippen LogP contribution in [0.15, 0.2) is 30.0 Å². The SMILES string of the molecule is N#CC1=C(c2ccccn2)CCC1. The third-order valence-electron chi connectivity index (χ3n) is 2.33. The maximum atomic E-state index is 8.86. The molecule has 1 aromatic heterocycles. The van der Waals surface area contributed by atoms with Crippen LogP contribution in [-0.2, 0) is 0 Å². The van der Waals surface area contributed by atoms with E-state index in [0.717, 1.165) is 36.1 Å². The highest BCUT2D eigenvalue weighted by Crippen LogP contribution is 2.31. The average Bonchev–Trinajstić information content (AvgIpc) is 2.67. The summed E-state index contributed by atoms with van der Waals surface area (Å²) < 4.78 is 0. The monoisotopic (exact) mass is 170 g/mol. The molecule has 2 rings (SSSR count). The number of hydrogen-bond acceptors (Lipinski definition) is 2. The highest BCUT2D eigenvalue weighted by molar-refractivity contribution is 5.71. The first kappa shape index (κ1) is 8.00. The summed E-state index contributed by atoms with van der Waals surface area (Å²) in [5.74, 6) is 0. The fraction of sp³-hybridized carbons (Fsp3) is 0.273. The quantitative estimate of drug-likeness (QED) is 0.649. The Kier molecular flexibility index (Phi) is 2.09. The maximum absolute atomic E-state index is 8.86. The third kappa shape index (κ3) is 1.46. The standard InChI is InChI=1S/C11H10N2/c12-8-9-4-3-5-10(9)11-6-1-2-7-13-11/h1-2,6-7H,3-5H2. The van der Waals surface area contributed by atoms with E-state index < -0.39 is 0 Å². The van der Waals surface area contributed by atoms with Crippen LogP contribution in [0.1, 0.15) is 25.0 Å². The Morgan fingerprint density at radius 1 is 1.31 bits per heavy atom. The van der Waals surface area contributed by atoms with Crippen molar-refractivity contribution in [3.63, 3.8) is 0 Å². The van der Waals surface area contributed by atoms with Gasteiger partial charge in [0.15, 0.2) is 0 Å². The van der Waals surface area contributed by atoms with Gasteiger partial charge in [0.25, 0.3) is 0 Å². The highest BCUT2D eigenvalue weighted by Gasteiger charge is 2.15. The summed E-state index contributed by atoms with van der Waals surface area (Å²) in [5, 5.41) is 8.86. The lowest BCUT2D eigenvalue weighted by Crippen LogP contribution is -1.86. The van der Waals surface area contributed by atoms with E-state index in [1.807, 2.05) is 18.2 Å². The number of allylic oxidation sites excluding steroid dienone is 2. The number of hydrogen-bond donors (Lipinski definition) is 0. The van der Waals surface area contributed by atoms with Gasteiger partial charge in [-0.05, 0) is 37.0 Å². The van der Waals surface area contributed by atoms with E-state index in [2.05, 4.69) is 11.1 Å². The van der Waals surface area contributed by atoms with Crippen molar-refractivity contribution in [2.75, 3.05) is 0 Å². The summed E-state index contributed by atoms with van der Waals surface area (Å²) in [6, 6.07) is 8.08. The van der Waals surface area contributed by atoms with Crippen molar-refractivity contribution in [3.8, 4) is 6.07 Å². The van der Waals surface area contributed by atoms with Crippen molar-refractivity contribution < 1.29 is 0 Å². The van der Waals surface area contributed by atoms with Gasteiger partial charge >= 0.3 is 0 Å². The van der Waals surface area contributed by atoms with Crippen LogP contribution in [0.25, 0.3) is 5.57 Å². The zero-order valence-electron chi connectivity index (χ0n) is 7.33. The van der Waals surface area contributed by atoms with Crippen molar-refractivity contribution in [3.05, 3.63) is 35.7 Å². The Morgan fingerprint density at radius 2 is 2.23 bits per heavy atom. The van der Waals surface area contributed by atoms with Gasteiger partial charge < -0.3 is 0 Å². The predicted molar refractivity (Wildman–Crippen MR) is 50.6 cm³/mol. The minimum absolute atomic E-state index is 0.915. The van der Waals surface area contributed by atoms with Crippen molar-refractivity contribution in [1.82, 2.24) is 4.98 Å². The van der Waals surface area contributed by atoms with Crippen LogP contribution >= 0.6 is 0 Å². The molecule has 64 valence electrons. The van der Waals surface area contributed by atoms with Gasteiger partial charge in [0.2, 0.25) is 0 Å². The molecular weight excluding hydrogens is 160 g/mol. The number of aromatic nitrogens is 1.